The summed E-state index contributed by atoms with van der Waals surface area (Å²) in [6.07, 6.45) is 10.1. The third-order valence-corrected chi connectivity index (χ3v) is 6.12. The summed E-state index contributed by atoms with van der Waals surface area (Å²) in [6.45, 7) is 10.2. The fourth-order valence-electron chi connectivity index (χ4n) is 4.72. The van der Waals surface area contributed by atoms with Crippen LogP contribution >= 0.6 is 0 Å². The van der Waals surface area contributed by atoms with Gasteiger partial charge < -0.3 is 10.1 Å². The van der Waals surface area contributed by atoms with E-state index >= 15 is 0 Å². The highest BCUT2D eigenvalue weighted by molar-refractivity contribution is 5.04. The van der Waals surface area contributed by atoms with Crippen molar-refractivity contribution in [3.8, 4) is 0 Å². The Morgan fingerprint density at radius 3 is 2.52 bits per heavy atom. The summed E-state index contributed by atoms with van der Waals surface area (Å²) in [7, 11) is 0. The van der Waals surface area contributed by atoms with Crippen molar-refractivity contribution in [2.24, 2.45) is 5.92 Å². The average molecular weight is 294 g/mol. The number of hydrogen-bond donors (Lipinski definition) is 1. The standard InChI is InChI=1S/C18H34N2O/c1-4-21-16-10-15(11-16)20-13-18(8-6-5-7-9-18)19-12-17(20)14(2)3/h14-17,19H,4-13H2,1-3H3. The molecule has 3 aliphatic rings. The fourth-order valence-corrected chi connectivity index (χ4v) is 4.72. The molecule has 1 aliphatic heterocycles. The third kappa shape index (κ3) is 3.30. The molecule has 2 saturated carbocycles. The molecule has 0 aromatic heterocycles. The van der Waals surface area contributed by atoms with Crippen LogP contribution in [0.4, 0.5) is 0 Å². The first kappa shape index (κ1) is 15.8. The molecule has 1 spiro atoms. The zero-order valence-electron chi connectivity index (χ0n) is 14.2. The maximum absolute atomic E-state index is 5.79. The molecule has 0 bridgehead atoms. The molecule has 1 atom stereocenters. The molecule has 0 aromatic carbocycles. The summed E-state index contributed by atoms with van der Waals surface area (Å²) in [5, 5.41) is 3.96. The van der Waals surface area contributed by atoms with Gasteiger partial charge in [-0.25, -0.2) is 0 Å². The minimum absolute atomic E-state index is 0.431. The minimum atomic E-state index is 0.431. The molecule has 3 nitrogen and oxygen atoms in total. The lowest BCUT2D eigenvalue weighted by atomic mass is 9.76. The van der Waals surface area contributed by atoms with Crippen LogP contribution in [-0.2, 0) is 4.74 Å². The Morgan fingerprint density at radius 1 is 1.19 bits per heavy atom. The molecule has 1 heterocycles. The largest absolute Gasteiger partial charge is 0.378 e. The van der Waals surface area contributed by atoms with E-state index < -0.39 is 0 Å². The predicted octanol–water partition coefficient (Wildman–Crippen LogP) is 3.19. The highest BCUT2D eigenvalue weighted by Crippen LogP contribution is 2.38. The lowest BCUT2D eigenvalue weighted by molar-refractivity contribution is -0.0855. The molecule has 1 N–H and O–H groups in total. The van der Waals surface area contributed by atoms with Gasteiger partial charge in [0.25, 0.3) is 0 Å². The van der Waals surface area contributed by atoms with E-state index in [0.717, 1.165) is 18.6 Å². The van der Waals surface area contributed by atoms with E-state index in [9.17, 15) is 0 Å². The maximum Gasteiger partial charge on any atom is 0.0604 e. The number of rotatable bonds is 4. The highest BCUT2D eigenvalue weighted by atomic mass is 16.5. The molecule has 3 rings (SSSR count). The van der Waals surface area contributed by atoms with Gasteiger partial charge >= 0.3 is 0 Å². The second-order valence-electron chi connectivity index (χ2n) is 7.91. The van der Waals surface area contributed by atoms with Gasteiger partial charge in [0.2, 0.25) is 0 Å². The van der Waals surface area contributed by atoms with Crippen LogP contribution in [-0.4, -0.2) is 48.3 Å². The molecular formula is C18H34N2O. The first-order valence-electron chi connectivity index (χ1n) is 9.26. The van der Waals surface area contributed by atoms with E-state index in [1.807, 2.05) is 0 Å². The highest BCUT2D eigenvalue weighted by Gasteiger charge is 2.46. The normalized spacial score (nSPS) is 36.9. The Morgan fingerprint density at radius 2 is 1.90 bits per heavy atom. The predicted molar refractivity (Wildman–Crippen MR) is 87.6 cm³/mol. The lowest BCUT2D eigenvalue weighted by Crippen LogP contribution is -2.69. The van der Waals surface area contributed by atoms with Gasteiger partial charge in [-0.05, 0) is 38.5 Å². The molecule has 21 heavy (non-hydrogen) atoms. The first-order chi connectivity index (χ1) is 10.1. The molecule has 1 saturated heterocycles. The Kier molecular flexibility index (Phi) is 4.92. The summed E-state index contributed by atoms with van der Waals surface area (Å²) < 4.78 is 5.79. The number of ether oxygens (including phenoxy) is 1. The summed E-state index contributed by atoms with van der Waals surface area (Å²) in [5.41, 5.74) is 0.431. The summed E-state index contributed by atoms with van der Waals surface area (Å²) >= 11 is 0. The number of hydrogen-bond acceptors (Lipinski definition) is 3. The van der Waals surface area contributed by atoms with E-state index in [4.69, 9.17) is 4.74 Å². The van der Waals surface area contributed by atoms with Gasteiger partial charge in [0.15, 0.2) is 0 Å². The van der Waals surface area contributed by atoms with Gasteiger partial charge in [-0.1, -0.05) is 33.1 Å². The van der Waals surface area contributed by atoms with Crippen molar-refractivity contribution in [1.29, 1.82) is 0 Å². The molecule has 0 amide bonds. The zero-order chi connectivity index (χ0) is 14.9. The topological polar surface area (TPSA) is 24.5 Å². The number of nitrogens with one attached hydrogen (secondary N) is 1. The van der Waals surface area contributed by atoms with Crippen LogP contribution in [0.5, 0.6) is 0 Å². The van der Waals surface area contributed by atoms with Gasteiger partial charge in [-0.15, -0.1) is 0 Å². The molecule has 2 aliphatic carbocycles. The first-order valence-corrected chi connectivity index (χ1v) is 9.26. The van der Waals surface area contributed by atoms with Crippen LogP contribution in [0.2, 0.25) is 0 Å². The molecule has 122 valence electrons. The zero-order valence-corrected chi connectivity index (χ0v) is 14.2. The molecule has 0 radical (unpaired) electrons. The van der Waals surface area contributed by atoms with E-state index in [-0.39, 0.29) is 0 Å². The quantitative estimate of drug-likeness (QED) is 0.862. The molecule has 3 fully saturated rings. The molecule has 0 aromatic rings. The SMILES string of the molecule is CCOC1CC(N2CC3(CCCCC3)NCC2C(C)C)C1. The summed E-state index contributed by atoms with van der Waals surface area (Å²) in [6, 6.07) is 1.49. The van der Waals surface area contributed by atoms with Gasteiger partial charge in [0, 0.05) is 37.3 Å². The van der Waals surface area contributed by atoms with E-state index in [0.29, 0.717) is 17.7 Å². The molecular weight excluding hydrogens is 260 g/mol. The van der Waals surface area contributed by atoms with Crippen LogP contribution in [0.25, 0.3) is 0 Å². The Bertz CT molecular complexity index is 332. The minimum Gasteiger partial charge on any atom is -0.378 e. The second kappa shape index (κ2) is 6.55. The van der Waals surface area contributed by atoms with Crippen LogP contribution in [0.3, 0.4) is 0 Å². The maximum atomic E-state index is 5.79. The van der Waals surface area contributed by atoms with Crippen molar-refractivity contribution >= 4 is 0 Å². The van der Waals surface area contributed by atoms with Crippen molar-refractivity contribution in [3.63, 3.8) is 0 Å². The smallest absolute Gasteiger partial charge is 0.0604 e. The van der Waals surface area contributed by atoms with Gasteiger partial charge in [-0.2, -0.15) is 0 Å². The van der Waals surface area contributed by atoms with Crippen molar-refractivity contribution in [1.82, 2.24) is 10.2 Å². The Hall–Kier alpha value is -0.120. The van der Waals surface area contributed by atoms with Crippen molar-refractivity contribution < 1.29 is 4.74 Å². The van der Waals surface area contributed by atoms with Gasteiger partial charge in [0.1, 0.15) is 0 Å². The van der Waals surface area contributed by atoms with Gasteiger partial charge in [0.05, 0.1) is 6.10 Å². The fraction of sp³-hybridized carbons (Fsp3) is 1.00. The van der Waals surface area contributed by atoms with Crippen molar-refractivity contribution in [2.75, 3.05) is 19.7 Å². The van der Waals surface area contributed by atoms with E-state index in [1.54, 1.807) is 0 Å². The van der Waals surface area contributed by atoms with Crippen molar-refractivity contribution in [2.45, 2.75) is 89.4 Å². The van der Waals surface area contributed by atoms with Crippen LogP contribution in [0.15, 0.2) is 0 Å². The Labute approximate surface area is 130 Å². The van der Waals surface area contributed by atoms with Crippen molar-refractivity contribution in [3.05, 3.63) is 0 Å². The number of piperazine rings is 1. The van der Waals surface area contributed by atoms with E-state index in [2.05, 4.69) is 31.0 Å². The molecule has 3 heteroatoms. The average Bonchev–Trinajstić information content (AvgIpc) is 2.43. The summed E-state index contributed by atoms with van der Waals surface area (Å²) in [4.78, 5) is 2.86. The van der Waals surface area contributed by atoms with E-state index in [1.165, 1.54) is 58.0 Å². The van der Waals surface area contributed by atoms with Gasteiger partial charge in [-0.3, -0.25) is 4.90 Å². The third-order valence-electron chi connectivity index (χ3n) is 6.12. The number of nitrogens with zero attached hydrogens (tertiary/aromatic N) is 1. The van der Waals surface area contributed by atoms with Crippen LogP contribution in [0.1, 0.15) is 65.7 Å². The summed E-state index contributed by atoms with van der Waals surface area (Å²) in [5.74, 6) is 0.740. The lowest BCUT2D eigenvalue weighted by Gasteiger charge is -2.56. The van der Waals surface area contributed by atoms with Crippen LogP contribution < -0.4 is 5.32 Å². The molecule has 1 unspecified atom stereocenters. The second-order valence-corrected chi connectivity index (χ2v) is 7.91. The Balaban J connectivity index is 1.64. The monoisotopic (exact) mass is 294 g/mol. The van der Waals surface area contributed by atoms with Crippen LogP contribution in [0, 0.1) is 5.92 Å².